The van der Waals surface area contributed by atoms with E-state index < -0.39 is 10.0 Å². The van der Waals surface area contributed by atoms with Crippen LogP contribution in [0.25, 0.3) is 0 Å². The third-order valence-corrected chi connectivity index (χ3v) is 5.95. The number of Topliss-reactive ketones (excluding diaryl/α,β-unsaturated/α-hetero) is 1. The standard InChI is InChI=1S/C17H24N2O4S/c1-13(2)11-17(21)18-7-9-19(10-8-18)24(22,23)16-6-4-5-15(12-16)14(3)20/h4-6,12-13H,7-11H2,1-3H3. The molecule has 1 fully saturated rings. The van der Waals surface area contributed by atoms with E-state index in [0.717, 1.165) is 0 Å². The van der Waals surface area contributed by atoms with Crippen LogP contribution in [0.2, 0.25) is 0 Å². The van der Waals surface area contributed by atoms with Gasteiger partial charge in [-0.05, 0) is 25.0 Å². The number of carbonyl (C=O) groups is 2. The summed E-state index contributed by atoms with van der Waals surface area (Å²) in [7, 11) is -3.65. The second-order valence-corrected chi connectivity index (χ2v) is 8.40. The van der Waals surface area contributed by atoms with Gasteiger partial charge in [-0.1, -0.05) is 26.0 Å². The van der Waals surface area contributed by atoms with Gasteiger partial charge in [0.1, 0.15) is 0 Å². The van der Waals surface area contributed by atoms with E-state index in [1.807, 2.05) is 13.8 Å². The molecule has 1 heterocycles. The van der Waals surface area contributed by atoms with Gasteiger partial charge in [0, 0.05) is 38.2 Å². The molecule has 0 spiro atoms. The molecule has 0 atom stereocenters. The lowest BCUT2D eigenvalue weighted by Gasteiger charge is -2.34. The first-order valence-electron chi connectivity index (χ1n) is 8.10. The van der Waals surface area contributed by atoms with E-state index in [1.165, 1.54) is 23.4 Å². The Bertz CT molecular complexity index is 720. The van der Waals surface area contributed by atoms with Crippen molar-refractivity contribution in [2.24, 2.45) is 5.92 Å². The maximum atomic E-state index is 12.7. The number of ketones is 1. The van der Waals surface area contributed by atoms with Crippen molar-refractivity contribution in [3.63, 3.8) is 0 Å². The predicted octanol–water partition coefficient (Wildman–Crippen LogP) is 1.77. The molecule has 1 aliphatic heterocycles. The van der Waals surface area contributed by atoms with E-state index >= 15 is 0 Å². The molecule has 1 aromatic carbocycles. The summed E-state index contributed by atoms with van der Waals surface area (Å²) < 4.78 is 26.8. The maximum Gasteiger partial charge on any atom is 0.243 e. The van der Waals surface area contributed by atoms with Gasteiger partial charge in [0.25, 0.3) is 0 Å². The van der Waals surface area contributed by atoms with E-state index in [-0.39, 0.29) is 35.6 Å². The van der Waals surface area contributed by atoms with Crippen molar-refractivity contribution in [2.45, 2.75) is 32.1 Å². The zero-order valence-corrected chi connectivity index (χ0v) is 15.2. The first-order valence-corrected chi connectivity index (χ1v) is 9.54. The van der Waals surface area contributed by atoms with Gasteiger partial charge in [-0.25, -0.2) is 8.42 Å². The summed E-state index contributed by atoms with van der Waals surface area (Å²) in [5, 5.41) is 0. The Morgan fingerprint density at radius 1 is 1.12 bits per heavy atom. The van der Waals surface area contributed by atoms with Crippen LogP contribution < -0.4 is 0 Å². The van der Waals surface area contributed by atoms with Crippen LogP contribution >= 0.6 is 0 Å². The van der Waals surface area contributed by atoms with Crippen molar-refractivity contribution in [2.75, 3.05) is 26.2 Å². The minimum absolute atomic E-state index is 0.0700. The first-order chi connectivity index (χ1) is 11.2. The molecule has 132 valence electrons. The number of piperazine rings is 1. The van der Waals surface area contributed by atoms with Gasteiger partial charge in [-0.3, -0.25) is 9.59 Å². The van der Waals surface area contributed by atoms with Gasteiger partial charge < -0.3 is 4.90 Å². The van der Waals surface area contributed by atoms with E-state index in [2.05, 4.69) is 0 Å². The van der Waals surface area contributed by atoms with Crippen LogP contribution in [0.1, 0.15) is 37.6 Å². The summed E-state index contributed by atoms with van der Waals surface area (Å²) in [4.78, 5) is 25.4. The second kappa shape index (κ2) is 7.44. The fourth-order valence-corrected chi connectivity index (χ4v) is 4.15. The van der Waals surface area contributed by atoms with E-state index in [4.69, 9.17) is 0 Å². The Kier molecular flexibility index (Phi) is 5.77. The first kappa shape index (κ1) is 18.6. The molecule has 1 amide bonds. The zero-order chi connectivity index (χ0) is 17.9. The molecule has 1 aliphatic rings. The number of rotatable bonds is 5. The molecule has 0 aromatic heterocycles. The van der Waals surface area contributed by atoms with Crippen LogP contribution in [0.3, 0.4) is 0 Å². The van der Waals surface area contributed by atoms with Crippen molar-refractivity contribution in [3.8, 4) is 0 Å². The lowest BCUT2D eigenvalue weighted by atomic mass is 10.1. The van der Waals surface area contributed by atoms with E-state index in [1.54, 1.807) is 17.0 Å². The Hall–Kier alpha value is -1.73. The van der Waals surface area contributed by atoms with Gasteiger partial charge in [-0.15, -0.1) is 0 Å². The summed E-state index contributed by atoms with van der Waals surface area (Å²) in [5.41, 5.74) is 0.377. The van der Waals surface area contributed by atoms with E-state index in [0.29, 0.717) is 25.1 Å². The van der Waals surface area contributed by atoms with Gasteiger partial charge >= 0.3 is 0 Å². The van der Waals surface area contributed by atoms with E-state index in [9.17, 15) is 18.0 Å². The minimum atomic E-state index is -3.65. The van der Waals surface area contributed by atoms with Crippen LogP contribution in [0, 0.1) is 5.92 Å². The van der Waals surface area contributed by atoms with Gasteiger partial charge in [-0.2, -0.15) is 4.31 Å². The van der Waals surface area contributed by atoms with Crippen LogP contribution in [0.15, 0.2) is 29.2 Å². The van der Waals surface area contributed by atoms with Gasteiger partial charge in [0.15, 0.2) is 5.78 Å². The highest BCUT2D eigenvalue weighted by atomic mass is 32.2. The number of amides is 1. The molecule has 2 rings (SSSR count). The summed E-state index contributed by atoms with van der Waals surface area (Å²) in [6.07, 6.45) is 0.480. The highest BCUT2D eigenvalue weighted by molar-refractivity contribution is 7.89. The lowest BCUT2D eigenvalue weighted by Crippen LogP contribution is -2.50. The highest BCUT2D eigenvalue weighted by Gasteiger charge is 2.30. The van der Waals surface area contributed by atoms with Crippen molar-refractivity contribution in [3.05, 3.63) is 29.8 Å². The summed E-state index contributed by atoms with van der Waals surface area (Å²) in [6, 6.07) is 6.09. The molecule has 0 bridgehead atoms. The molecule has 0 unspecified atom stereocenters. The summed E-state index contributed by atoms with van der Waals surface area (Å²) in [5.74, 6) is 0.186. The smallest absolute Gasteiger partial charge is 0.243 e. The Labute approximate surface area is 143 Å². The predicted molar refractivity (Wildman–Crippen MR) is 91.2 cm³/mol. The number of nitrogens with zero attached hydrogens (tertiary/aromatic N) is 2. The molecule has 0 aliphatic carbocycles. The number of sulfonamides is 1. The third-order valence-electron chi connectivity index (χ3n) is 4.05. The SMILES string of the molecule is CC(=O)c1cccc(S(=O)(=O)N2CCN(C(=O)CC(C)C)CC2)c1. The number of benzene rings is 1. The summed E-state index contributed by atoms with van der Waals surface area (Å²) in [6.45, 7) is 6.73. The van der Waals surface area contributed by atoms with Crippen molar-refractivity contribution < 1.29 is 18.0 Å². The topological polar surface area (TPSA) is 74.8 Å². The molecular weight excluding hydrogens is 328 g/mol. The van der Waals surface area contributed by atoms with Crippen molar-refractivity contribution in [1.82, 2.24) is 9.21 Å². The van der Waals surface area contributed by atoms with Gasteiger partial charge in [0.05, 0.1) is 4.90 Å². The fraction of sp³-hybridized carbons (Fsp3) is 0.529. The van der Waals surface area contributed by atoms with Crippen LogP contribution in [0.5, 0.6) is 0 Å². The quantitative estimate of drug-likeness (QED) is 0.757. The highest BCUT2D eigenvalue weighted by Crippen LogP contribution is 2.19. The lowest BCUT2D eigenvalue weighted by molar-refractivity contribution is -0.133. The van der Waals surface area contributed by atoms with Crippen LogP contribution in [0.4, 0.5) is 0 Å². The second-order valence-electron chi connectivity index (χ2n) is 6.47. The van der Waals surface area contributed by atoms with Gasteiger partial charge in [0.2, 0.25) is 15.9 Å². The van der Waals surface area contributed by atoms with Crippen molar-refractivity contribution in [1.29, 1.82) is 0 Å². The molecule has 24 heavy (non-hydrogen) atoms. The molecule has 6 nitrogen and oxygen atoms in total. The molecule has 0 radical (unpaired) electrons. The Morgan fingerprint density at radius 3 is 2.29 bits per heavy atom. The Balaban J connectivity index is 2.09. The molecular formula is C17H24N2O4S. The van der Waals surface area contributed by atoms with Crippen LogP contribution in [-0.2, 0) is 14.8 Å². The third kappa shape index (κ3) is 4.21. The summed E-state index contributed by atoms with van der Waals surface area (Å²) >= 11 is 0. The number of hydrogen-bond acceptors (Lipinski definition) is 4. The average molecular weight is 352 g/mol. The van der Waals surface area contributed by atoms with Crippen molar-refractivity contribution >= 4 is 21.7 Å². The molecule has 1 aromatic rings. The minimum Gasteiger partial charge on any atom is -0.340 e. The maximum absolute atomic E-state index is 12.7. The fourth-order valence-electron chi connectivity index (χ4n) is 2.68. The monoisotopic (exact) mass is 352 g/mol. The zero-order valence-electron chi connectivity index (χ0n) is 14.4. The average Bonchev–Trinajstić information content (AvgIpc) is 2.54. The molecule has 1 saturated heterocycles. The molecule has 7 heteroatoms. The number of carbonyl (C=O) groups excluding carboxylic acids is 2. The van der Waals surface area contributed by atoms with Crippen LogP contribution in [-0.4, -0.2) is 55.5 Å². The molecule has 0 N–H and O–H groups in total. The Morgan fingerprint density at radius 2 is 1.75 bits per heavy atom. The molecule has 0 saturated carbocycles. The number of hydrogen-bond donors (Lipinski definition) is 0. The largest absolute Gasteiger partial charge is 0.340 e. The normalized spacial score (nSPS) is 16.4.